The minimum atomic E-state index is -1.18. The van der Waals surface area contributed by atoms with Crippen LogP contribution in [0, 0.1) is 0 Å². The number of carboxylic acids is 1. The van der Waals surface area contributed by atoms with Gasteiger partial charge in [-0.15, -0.1) is 5.10 Å². The molecule has 19 heavy (non-hydrogen) atoms. The standard InChI is InChI=1S/C9H11N7O3/c17-8(10-2-1-7-11-5-12-14-7)4-16-3-6(9(18)19)13-15-16/h3,5H,1-2,4H2,(H,10,17)(H,18,19)(H,11,12,14). The lowest BCUT2D eigenvalue weighted by molar-refractivity contribution is -0.121. The van der Waals surface area contributed by atoms with E-state index < -0.39 is 5.97 Å². The van der Waals surface area contributed by atoms with E-state index in [0.717, 1.165) is 4.68 Å². The summed E-state index contributed by atoms with van der Waals surface area (Å²) in [5, 5.41) is 24.6. The number of carbonyl (C=O) groups excluding carboxylic acids is 1. The highest BCUT2D eigenvalue weighted by molar-refractivity contribution is 5.84. The molecule has 2 heterocycles. The molecule has 0 aliphatic carbocycles. The SMILES string of the molecule is O=C(Cn1cc(C(=O)O)nn1)NCCc1ncn[nH]1. The second-order valence-corrected chi connectivity index (χ2v) is 3.64. The summed E-state index contributed by atoms with van der Waals surface area (Å²) in [6, 6.07) is 0. The molecule has 0 aliphatic heterocycles. The third-order valence-corrected chi connectivity index (χ3v) is 2.21. The van der Waals surface area contributed by atoms with Crippen molar-refractivity contribution in [2.24, 2.45) is 0 Å². The molecule has 0 bridgehead atoms. The van der Waals surface area contributed by atoms with Gasteiger partial charge in [0.1, 0.15) is 18.7 Å². The third-order valence-electron chi connectivity index (χ3n) is 2.21. The fraction of sp³-hybridized carbons (Fsp3) is 0.333. The maximum atomic E-state index is 11.5. The van der Waals surface area contributed by atoms with Crippen LogP contribution in [-0.2, 0) is 17.8 Å². The number of nitrogens with one attached hydrogen (secondary N) is 2. The van der Waals surface area contributed by atoms with Gasteiger partial charge in [-0.3, -0.25) is 9.89 Å². The molecular formula is C9H11N7O3. The monoisotopic (exact) mass is 265 g/mol. The average Bonchev–Trinajstić information content (AvgIpc) is 3.00. The van der Waals surface area contributed by atoms with E-state index in [1.807, 2.05) is 0 Å². The Hall–Kier alpha value is -2.78. The van der Waals surface area contributed by atoms with Crippen molar-refractivity contribution in [3.63, 3.8) is 0 Å². The van der Waals surface area contributed by atoms with E-state index in [0.29, 0.717) is 18.8 Å². The molecule has 0 aromatic carbocycles. The van der Waals surface area contributed by atoms with Crippen LogP contribution in [0.3, 0.4) is 0 Å². The number of carboxylic acid groups (broad SMARTS) is 1. The Balaban J connectivity index is 1.75. The average molecular weight is 265 g/mol. The Morgan fingerprint density at radius 3 is 2.95 bits per heavy atom. The zero-order valence-electron chi connectivity index (χ0n) is 9.78. The first-order chi connectivity index (χ1) is 9.15. The van der Waals surface area contributed by atoms with E-state index in [-0.39, 0.29) is 18.1 Å². The molecule has 1 amide bonds. The van der Waals surface area contributed by atoms with E-state index in [9.17, 15) is 9.59 Å². The summed E-state index contributed by atoms with van der Waals surface area (Å²) in [6.07, 6.45) is 3.11. The zero-order valence-corrected chi connectivity index (χ0v) is 9.78. The Bertz CT molecular complexity index is 562. The predicted octanol–water partition coefficient (Wildman–Crippen LogP) is -1.55. The van der Waals surface area contributed by atoms with Crippen LogP contribution in [-0.4, -0.2) is 53.7 Å². The fourth-order valence-electron chi connectivity index (χ4n) is 1.35. The molecule has 2 aromatic heterocycles. The highest BCUT2D eigenvalue weighted by Gasteiger charge is 2.10. The summed E-state index contributed by atoms with van der Waals surface area (Å²) in [5.41, 5.74) is -0.200. The van der Waals surface area contributed by atoms with Crippen LogP contribution < -0.4 is 5.32 Å². The molecule has 0 fully saturated rings. The zero-order chi connectivity index (χ0) is 13.7. The van der Waals surface area contributed by atoms with E-state index in [1.165, 1.54) is 12.5 Å². The summed E-state index contributed by atoms with van der Waals surface area (Å²) in [7, 11) is 0. The summed E-state index contributed by atoms with van der Waals surface area (Å²) in [5.74, 6) is -0.799. The number of aromatic amines is 1. The number of H-pyrrole nitrogens is 1. The lowest BCUT2D eigenvalue weighted by atomic mass is 10.4. The van der Waals surface area contributed by atoms with Crippen LogP contribution in [0.1, 0.15) is 16.3 Å². The fourth-order valence-corrected chi connectivity index (χ4v) is 1.35. The van der Waals surface area contributed by atoms with Crippen LogP contribution in [0.15, 0.2) is 12.5 Å². The molecule has 100 valence electrons. The van der Waals surface area contributed by atoms with Gasteiger partial charge < -0.3 is 10.4 Å². The number of nitrogens with zero attached hydrogens (tertiary/aromatic N) is 5. The molecular weight excluding hydrogens is 254 g/mol. The molecule has 10 nitrogen and oxygen atoms in total. The molecule has 2 rings (SSSR count). The summed E-state index contributed by atoms with van der Waals surface area (Å²) in [6.45, 7) is 0.311. The first kappa shape index (κ1) is 12.7. The number of hydrogen-bond donors (Lipinski definition) is 3. The number of amides is 1. The summed E-state index contributed by atoms with van der Waals surface area (Å²) >= 11 is 0. The Morgan fingerprint density at radius 2 is 2.32 bits per heavy atom. The molecule has 3 N–H and O–H groups in total. The smallest absolute Gasteiger partial charge is 0.358 e. The predicted molar refractivity (Wildman–Crippen MR) is 60.1 cm³/mol. The molecule has 10 heteroatoms. The lowest BCUT2D eigenvalue weighted by Crippen LogP contribution is -2.29. The van der Waals surface area contributed by atoms with Gasteiger partial charge in [-0.25, -0.2) is 14.5 Å². The van der Waals surface area contributed by atoms with Gasteiger partial charge >= 0.3 is 5.97 Å². The molecule has 0 saturated heterocycles. The maximum absolute atomic E-state index is 11.5. The van der Waals surface area contributed by atoms with Gasteiger partial charge in [0.2, 0.25) is 5.91 Å². The number of hydrogen-bond acceptors (Lipinski definition) is 6. The van der Waals surface area contributed by atoms with Gasteiger partial charge in [-0.1, -0.05) is 5.21 Å². The quantitative estimate of drug-likeness (QED) is 0.574. The first-order valence-corrected chi connectivity index (χ1v) is 5.39. The summed E-state index contributed by atoms with van der Waals surface area (Å²) < 4.78 is 1.16. The van der Waals surface area contributed by atoms with Gasteiger partial charge in [0, 0.05) is 13.0 Å². The van der Waals surface area contributed by atoms with Gasteiger partial charge in [0.05, 0.1) is 6.20 Å². The Labute approximate surface area is 106 Å². The number of aromatic nitrogens is 6. The topological polar surface area (TPSA) is 139 Å². The summed E-state index contributed by atoms with van der Waals surface area (Å²) in [4.78, 5) is 26.0. The van der Waals surface area contributed by atoms with Crippen molar-refractivity contribution in [1.29, 1.82) is 0 Å². The largest absolute Gasteiger partial charge is 0.476 e. The van der Waals surface area contributed by atoms with Crippen LogP contribution in [0.5, 0.6) is 0 Å². The van der Waals surface area contributed by atoms with Crippen LogP contribution in [0.2, 0.25) is 0 Å². The van der Waals surface area contributed by atoms with Crippen molar-refractivity contribution in [3.8, 4) is 0 Å². The van der Waals surface area contributed by atoms with E-state index in [4.69, 9.17) is 5.11 Å². The van der Waals surface area contributed by atoms with E-state index >= 15 is 0 Å². The van der Waals surface area contributed by atoms with Gasteiger partial charge in [0.25, 0.3) is 0 Å². The Morgan fingerprint density at radius 1 is 1.47 bits per heavy atom. The molecule has 0 saturated carbocycles. The van der Waals surface area contributed by atoms with Gasteiger partial charge in [0.15, 0.2) is 5.69 Å². The minimum absolute atomic E-state index is 0.0866. The number of aromatic carboxylic acids is 1. The highest BCUT2D eigenvalue weighted by Crippen LogP contribution is 1.92. The van der Waals surface area contributed by atoms with E-state index in [2.05, 4.69) is 30.8 Å². The number of carbonyl (C=O) groups is 2. The maximum Gasteiger partial charge on any atom is 0.358 e. The van der Waals surface area contributed by atoms with Crippen molar-refractivity contribution < 1.29 is 14.7 Å². The van der Waals surface area contributed by atoms with Crippen molar-refractivity contribution in [1.82, 2.24) is 35.5 Å². The second-order valence-electron chi connectivity index (χ2n) is 3.64. The second kappa shape index (κ2) is 5.71. The van der Waals surface area contributed by atoms with E-state index in [1.54, 1.807) is 0 Å². The van der Waals surface area contributed by atoms with Crippen molar-refractivity contribution in [2.75, 3.05) is 6.54 Å². The van der Waals surface area contributed by atoms with Crippen LogP contribution in [0.25, 0.3) is 0 Å². The minimum Gasteiger partial charge on any atom is -0.476 e. The molecule has 0 radical (unpaired) electrons. The normalized spacial score (nSPS) is 10.3. The molecule has 0 spiro atoms. The molecule has 0 unspecified atom stereocenters. The highest BCUT2D eigenvalue weighted by atomic mass is 16.4. The third kappa shape index (κ3) is 3.59. The molecule has 2 aromatic rings. The van der Waals surface area contributed by atoms with Crippen LogP contribution in [0.4, 0.5) is 0 Å². The molecule has 0 aliphatic rings. The Kier molecular flexibility index (Phi) is 3.81. The van der Waals surface area contributed by atoms with Crippen molar-refractivity contribution in [3.05, 3.63) is 24.0 Å². The van der Waals surface area contributed by atoms with Crippen molar-refractivity contribution in [2.45, 2.75) is 13.0 Å². The first-order valence-electron chi connectivity index (χ1n) is 5.39. The lowest BCUT2D eigenvalue weighted by Gasteiger charge is -2.03. The van der Waals surface area contributed by atoms with Gasteiger partial charge in [-0.2, -0.15) is 5.10 Å². The van der Waals surface area contributed by atoms with Gasteiger partial charge in [-0.05, 0) is 0 Å². The van der Waals surface area contributed by atoms with Crippen molar-refractivity contribution >= 4 is 11.9 Å². The molecule has 0 atom stereocenters. The number of rotatable bonds is 6. The van der Waals surface area contributed by atoms with Crippen LogP contribution >= 0.6 is 0 Å².